The van der Waals surface area contributed by atoms with Crippen molar-refractivity contribution in [1.82, 2.24) is 4.98 Å². The van der Waals surface area contributed by atoms with Gasteiger partial charge in [0.25, 0.3) is 0 Å². The molecule has 0 amide bonds. The number of aromatic nitrogens is 1. The summed E-state index contributed by atoms with van der Waals surface area (Å²) in [5.74, 6) is 1.68. The number of hydrogen-bond donors (Lipinski definition) is 0. The second-order valence-corrected chi connectivity index (χ2v) is 6.94. The van der Waals surface area contributed by atoms with E-state index in [9.17, 15) is 4.79 Å². The van der Waals surface area contributed by atoms with Gasteiger partial charge in [-0.1, -0.05) is 24.3 Å². The molecule has 0 bridgehead atoms. The van der Waals surface area contributed by atoms with Crippen LogP contribution in [0.25, 0.3) is 11.5 Å². The van der Waals surface area contributed by atoms with Crippen LogP contribution in [0.1, 0.15) is 29.5 Å². The Balaban J connectivity index is 1.66. The van der Waals surface area contributed by atoms with Crippen LogP contribution in [0.3, 0.4) is 0 Å². The number of hydrogen-bond acceptors (Lipinski definition) is 6. The average molecular weight is 409 g/mol. The molecule has 6 nitrogen and oxygen atoms in total. The van der Waals surface area contributed by atoms with E-state index in [4.69, 9.17) is 18.6 Å². The Morgan fingerprint density at radius 2 is 1.90 bits per heavy atom. The number of esters is 1. The van der Waals surface area contributed by atoms with Crippen molar-refractivity contribution < 1.29 is 23.4 Å². The first kappa shape index (κ1) is 21.6. The van der Waals surface area contributed by atoms with Crippen LogP contribution in [0.5, 0.6) is 5.75 Å². The smallest absolute Gasteiger partial charge is 0.335 e. The summed E-state index contributed by atoms with van der Waals surface area (Å²) < 4.78 is 22.1. The molecule has 30 heavy (non-hydrogen) atoms. The molecular formula is C24H27NO5. The van der Waals surface area contributed by atoms with Crippen LogP contribution in [0, 0.1) is 13.8 Å². The minimum absolute atomic E-state index is 0.310. The molecule has 6 heteroatoms. The van der Waals surface area contributed by atoms with Crippen molar-refractivity contribution in [2.24, 2.45) is 0 Å². The summed E-state index contributed by atoms with van der Waals surface area (Å²) in [5, 5.41) is 0. The van der Waals surface area contributed by atoms with E-state index in [-0.39, 0.29) is 5.97 Å². The third-order valence-corrected chi connectivity index (χ3v) is 4.84. The van der Waals surface area contributed by atoms with Crippen LogP contribution in [0.4, 0.5) is 0 Å². The number of nitrogens with zero attached hydrogens (tertiary/aromatic N) is 1. The Morgan fingerprint density at radius 1 is 1.13 bits per heavy atom. The lowest BCUT2D eigenvalue weighted by Crippen LogP contribution is -2.28. The van der Waals surface area contributed by atoms with E-state index in [0.717, 1.165) is 33.9 Å². The molecule has 2 aromatic carbocycles. The summed E-state index contributed by atoms with van der Waals surface area (Å²) in [7, 11) is 1.37. The van der Waals surface area contributed by atoms with Gasteiger partial charge in [0.2, 0.25) is 5.89 Å². The highest BCUT2D eigenvalue weighted by molar-refractivity contribution is 5.75. The number of carbonyl (C=O) groups excluding carboxylic acids is 1. The summed E-state index contributed by atoms with van der Waals surface area (Å²) in [6, 6.07) is 15.6. The van der Waals surface area contributed by atoms with Gasteiger partial charge in [0, 0.05) is 18.6 Å². The molecule has 0 aliphatic heterocycles. The fraction of sp³-hybridized carbons (Fsp3) is 0.333. The maximum absolute atomic E-state index is 11.9. The first-order valence-electron chi connectivity index (χ1n) is 9.95. The van der Waals surface area contributed by atoms with Crippen LogP contribution in [0.2, 0.25) is 0 Å². The first-order chi connectivity index (χ1) is 14.5. The fourth-order valence-electron chi connectivity index (χ4n) is 3.15. The predicted octanol–water partition coefficient (Wildman–Crippen LogP) is 4.66. The third-order valence-electron chi connectivity index (χ3n) is 4.84. The highest BCUT2D eigenvalue weighted by Gasteiger charge is 2.21. The van der Waals surface area contributed by atoms with E-state index < -0.39 is 6.10 Å². The van der Waals surface area contributed by atoms with E-state index in [0.29, 0.717) is 25.5 Å². The van der Waals surface area contributed by atoms with E-state index >= 15 is 0 Å². The lowest BCUT2D eigenvalue weighted by Gasteiger charge is -2.16. The van der Waals surface area contributed by atoms with Gasteiger partial charge < -0.3 is 18.6 Å². The van der Waals surface area contributed by atoms with Crippen LogP contribution >= 0.6 is 0 Å². The van der Waals surface area contributed by atoms with Gasteiger partial charge in [0.05, 0.1) is 7.11 Å². The topological polar surface area (TPSA) is 70.8 Å². The second kappa shape index (κ2) is 10.1. The van der Waals surface area contributed by atoms with Gasteiger partial charge in [-0.05, 0) is 56.2 Å². The molecule has 0 saturated carbocycles. The van der Waals surface area contributed by atoms with Crippen molar-refractivity contribution in [2.75, 3.05) is 13.7 Å². The lowest BCUT2D eigenvalue weighted by atomic mass is 10.0. The number of aryl methyl sites for hydroxylation is 2. The van der Waals surface area contributed by atoms with Gasteiger partial charge in [-0.3, -0.25) is 0 Å². The van der Waals surface area contributed by atoms with E-state index in [1.54, 1.807) is 0 Å². The predicted molar refractivity (Wildman–Crippen MR) is 113 cm³/mol. The Labute approximate surface area is 176 Å². The average Bonchev–Trinajstić information content (AvgIpc) is 3.14. The zero-order chi connectivity index (χ0) is 21.5. The third kappa shape index (κ3) is 5.27. The normalized spacial score (nSPS) is 11.9. The number of methoxy groups -OCH3 is 1. The minimum atomic E-state index is -0.611. The number of benzene rings is 2. The summed E-state index contributed by atoms with van der Waals surface area (Å²) in [6.07, 6.45) is -0.158. The summed E-state index contributed by atoms with van der Waals surface area (Å²) in [4.78, 5) is 16.5. The number of carbonyl (C=O) groups is 1. The molecule has 1 heterocycles. The van der Waals surface area contributed by atoms with Gasteiger partial charge in [-0.2, -0.15) is 0 Å². The standard InChI is InChI=1S/C24H27NO5/c1-5-28-22(24(26)27-4)14-19-11-12-20(13-16(19)2)29-15-21-17(3)30-23(25-21)18-9-7-6-8-10-18/h6-13,22H,5,14-15H2,1-4H3/t22-/m0/s1. The molecule has 0 saturated heterocycles. The SMILES string of the molecule is CCO[C@@H](Cc1ccc(OCc2nc(-c3ccccc3)oc2C)cc1C)C(=O)OC. The second-order valence-electron chi connectivity index (χ2n) is 6.94. The van der Waals surface area contributed by atoms with Crippen LogP contribution in [-0.4, -0.2) is 30.8 Å². The first-order valence-corrected chi connectivity index (χ1v) is 9.95. The zero-order valence-electron chi connectivity index (χ0n) is 17.8. The maximum Gasteiger partial charge on any atom is 0.335 e. The summed E-state index contributed by atoms with van der Waals surface area (Å²) in [5.41, 5.74) is 3.72. The molecule has 0 aliphatic rings. The van der Waals surface area contributed by atoms with E-state index in [1.165, 1.54) is 7.11 Å². The lowest BCUT2D eigenvalue weighted by molar-refractivity contribution is -0.153. The van der Waals surface area contributed by atoms with Gasteiger partial charge in [-0.15, -0.1) is 0 Å². The Morgan fingerprint density at radius 3 is 2.57 bits per heavy atom. The molecule has 0 aliphatic carbocycles. The van der Waals surface area contributed by atoms with Crippen molar-refractivity contribution in [1.29, 1.82) is 0 Å². The van der Waals surface area contributed by atoms with Crippen molar-refractivity contribution in [3.63, 3.8) is 0 Å². The number of rotatable bonds is 9. The summed E-state index contributed by atoms with van der Waals surface area (Å²) >= 11 is 0. The molecule has 0 spiro atoms. The van der Waals surface area contributed by atoms with Crippen LogP contribution in [-0.2, 0) is 27.3 Å². The molecule has 3 rings (SSSR count). The highest BCUT2D eigenvalue weighted by Crippen LogP contribution is 2.24. The maximum atomic E-state index is 11.9. The Hall–Kier alpha value is -3.12. The Kier molecular flexibility index (Phi) is 7.25. The van der Waals surface area contributed by atoms with Gasteiger partial charge >= 0.3 is 5.97 Å². The van der Waals surface area contributed by atoms with E-state index in [1.807, 2.05) is 69.3 Å². The largest absolute Gasteiger partial charge is 0.487 e. The van der Waals surface area contributed by atoms with Crippen molar-refractivity contribution in [3.8, 4) is 17.2 Å². The summed E-state index contributed by atoms with van der Waals surface area (Å²) in [6.45, 7) is 6.48. The molecule has 1 aromatic heterocycles. The van der Waals surface area contributed by atoms with E-state index in [2.05, 4.69) is 4.98 Å². The van der Waals surface area contributed by atoms with Crippen molar-refractivity contribution >= 4 is 5.97 Å². The molecule has 3 aromatic rings. The highest BCUT2D eigenvalue weighted by atomic mass is 16.6. The molecule has 0 fully saturated rings. The molecule has 158 valence electrons. The van der Waals surface area contributed by atoms with Crippen LogP contribution < -0.4 is 4.74 Å². The molecular weight excluding hydrogens is 382 g/mol. The minimum Gasteiger partial charge on any atom is -0.487 e. The van der Waals surface area contributed by atoms with Gasteiger partial charge in [-0.25, -0.2) is 9.78 Å². The Bertz CT molecular complexity index is 981. The van der Waals surface area contributed by atoms with Gasteiger partial charge in [0.15, 0.2) is 6.10 Å². The zero-order valence-corrected chi connectivity index (χ0v) is 17.8. The molecule has 0 radical (unpaired) electrons. The number of ether oxygens (including phenoxy) is 3. The quantitative estimate of drug-likeness (QED) is 0.479. The van der Waals surface area contributed by atoms with Crippen molar-refractivity contribution in [3.05, 3.63) is 71.1 Å². The molecule has 0 unspecified atom stereocenters. The fourth-order valence-corrected chi connectivity index (χ4v) is 3.15. The molecule has 0 N–H and O–H groups in total. The van der Waals surface area contributed by atoms with Crippen molar-refractivity contribution in [2.45, 2.75) is 39.9 Å². The molecule has 1 atom stereocenters. The van der Waals surface area contributed by atoms with Gasteiger partial charge in [0.1, 0.15) is 23.8 Å². The monoisotopic (exact) mass is 409 g/mol. The van der Waals surface area contributed by atoms with Crippen LogP contribution in [0.15, 0.2) is 52.9 Å². The number of oxazole rings is 1.